The van der Waals surface area contributed by atoms with E-state index < -0.39 is 0 Å². The van der Waals surface area contributed by atoms with E-state index in [1.165, 1.54) is 23.4 Å². The number of nitrogens with zero attached hydrogens (tertiary/aromatic N) is 1. The Bertz CT molecular complexity index is 646. The fourth-order valence-corrected chi connectivity index (χ4v) is 3.87. The first-order chi connectivity index (χ1) is 11.2. The molecule has 1 heterocycles. The second kappa shape index (κ2) is 7.93. The van der Waals surface area contributed by atoms with E-state index in [2.05, 4.69) is 26.2 Å². The summed E-state index contributed by atoms with van der Waals surface area (Å²) in [7, 11) is 0. The number of hydrogen-bond donors (Lipinski definition) is 1. The van der Waals surface area contributed by atoms with E-state index in [0.29, 0.717) is 19.4 Å². The molecule has 122 valence electrons. The van der Waals surface area contributed by atoms with E-state index in [-0.39, 0.29) is 5.91 Å². The number of fused-ring (bicyclic) bond motifs is 1. The van der Waals surface area contributed by atoms with Gasteiger partial charge in [-0.2, -0.15) is 0 Å². The molecule has 1 aromatic heterocycles. The molecule has 0 saturated heterocycles. The molecule has 1 N–H and O–H groups in total. The van der Waals surface area contributed by atoms with Gasteiger partial charge in [-0.1, -0.05) is 15.9 Å². The summed E-state index contributed by atoms with van der Waals surface area (Å²) in [6.07, 6.45) is 5.72. The number of carbonyl (C=O) groups is 1. The lowest BCUT2D eigenvalue weighted by Crippen LogP contribution is -2.12. The van der Waals surface area contributed by atoms with Crippen LogP contribution in [0.3, 0.4) is 0 Å². The Labute approximate surface area is 148 Å². The smallest absolute Gasteiger partial charge is 0.226 e. The molecule has 23 heavy (non-hydrogen) atoms. The lowest BCUT2D eigenvalue weighted by Gasteiger charge is -2.06. The van der Waals surface area contributed by atoms with Gasteiger partial charge in [-0.3, -0.25) is 4.79 Å². The van der Waals surface area contributed by atoms with Gasteiger partial charge in [-0.25, -0.2) is 4.98 Å². The zero-order chi connectivity index (χ0) is 16.1. The highest BCUT2D eigenvalue weighted by Gasteiger charge is 2.16. The maximum Gasteiger partial charge on any atom is 0.226 e. The van der Waals surface area contributed by atoms with E-state index in [9.17, 15) is 4.79 Å². The molecule has 1 aliphatic carbocycles. The average molecular weight is 395 g/mol. The normalized spacial score (nSPS) is 13.4. The molecule has 1 aliphatic rings. The summed E-state index contributed by atoms with van der Waals surface area (Å²) in [5.74, 6) is 0.830. The Morgan fingerprint density at radius 2 is 2.04 bits per heavy atom. The molecule has 0 saturated carbocycles. The Morgan fingerprint density at radius 3 is 2.83 bits per heavy atom. The molecule has 1 amide bonds. The van der Waals surface area contributed by atoms with Crippen molar-refractivity contribution in [3.63, 3.8) is 0 Å². The number of aryl methyl sites for hydroxylation is 2. The summed E-state index contributed by atoms with van der Waals surface area (Å²) < 4.78 is 6.64. The summed E-state index contributed by atoms with van der Waals surface area (Å²) in [6.45, 7) is 0.531. The third-order valence-corrected chi connectivity index (χ3v) is 5.32. The third-order valence-electron chi connectivity index (χ3n) is 3.72. The number of nitrogens with one attached hydrogen (secondary N) is 1. The number of thiazole rings is 1. The average Bonchev–Trinajstić information content (AvgIpc) is 2.95. The Kier molecular flexibility index (Phi) is 5.67. The van der Waals surface area contributed by atoms with Gasteiger partial charge in [0, 0.05) is 15.8 Å². The molecule has 0 aliphatic heterocycles. The minimum atomic E-state index is 0.00973. The van der Waals surface area contributed by atoms with E-state index in [1.54, 1.807) is 11.3 Å². The van der Waals surface area contributed by atoms with Gasteiger partial charge in [0.15, 0.2) is 5.13 Å². The number of amides is 1. The van der Waals surface area contributed by atoms with E-state index >= 15 is 0 Å². The van der Waals surface area contributed by atoms with Crippen molar-refractivity contribution in [2.45, 2.75) is 38.5 Å². The maximum atomic E-state index is 12.0. The third kappa shape index (κ3) is 4.78. The van der Waals surface area contributed by atoms with Gasteiger partial charge in [0.25, 0.3) is 0 Å². The van der Waals surface area contributed by atoms with E-state index in [0.717, 1.165) is 28.2 Å². The fourth-order valence-electron chi connectivity index (χ4n) is 2.54. The van der Waals surface area contributed by atoms with Crippen molar-refractivity contribution in [3.8, 4) is 5.75 Å². The Morgan fingerprint density at radius 1 is 1.26 bits per heavy atom. The molecule has 0 fully saturated rings. The van der Waals surface area contributed by atoms with Gasteiger partial charge in [0.05, 0.1) is 12.3 Å². The summed E-state index contributed by atoms with van der Waals surface area (Å²) >= 11 is 5.01. The molecule has 6 heteroatoms. The van der Waals surface area contributed by atoms with Crippen LogP contribution >= 0.6 is 27.3 Å². The molecule has 0 atom stereocenters. The Hall–Kier alpha value is -1.40. The number of rotatable bonds is 6. The first kappa shape index (κ1) is 16.5. The molecular formula is C17H19BrN2O2S. The van der Waals surface area contributed by atoms with Crippen LogP contribution in [0, 0.1) is 0 Å². The SMILES string of the molecule is O=C(CCCOc1ccc(Br)cc1)Nc1nc2c(s1)CCCC2. The number of carbonyl (C=O) groups excluding carboxylic acids is 1. The van der Waals surface area contributed by atoms with Crippen LogP contribution in [-0.2, 0) is 17.6 Å². The molecule has 2 aromatic rings. The van der Waals surface area contributed by atoms with Crippen molar-refractivity contribution >= 4 is 38.3 Å². The van der Waals surface area contributed by atoms with Crippen molar-refractivity contribution in [1.82, 2.24) is 4.98 Å². The van der Waals surface area contributed by atoms with Crippen LogP contribution < -0.4 is 10.1 Å². The number of benzene rings is 1. The predicted molar refractivity (Wildman–Crippen MR) is 96.3 cm³/mol. The van der Waals surface area contributed by atoms with E-state index in [4.69, 9.17) is 4.74 Å². The number of anilines is 1. The number of halogens is 1. The zero-order valence-corrected chi connectivity index (χ0v) is 15.2. The molecule has 0 spiro atoms. The molecule has 1 aromatic carbocycles. The van der Waals surface area contributed by atoms with Crippen LogP contribution in [0.5, 0.6) is 5.75 Å². The standard InChI is InChI=1S/C17H19BrN2O2S/c18-12-7-9-13(10-8-12)22-11-3-6-16(21)20-17-19-14-4-1-2-5-15(14)23-17/h7-10H,1-6,11H2,(H,19,20,21). The lowest BCUT2D eigenvalue weighted by atomic mass is 10.0. The summed E-state index contributed by atoms with van der Waals surface area (Å²) in [6, 6.07) is 7.69. The molecule has 4 nitrogen and oxygen atoms in total. The molecule has 0 bridgehead atoms. The van der Waals surface area contributed by atoms with Gasteiger partial charge < -0.3 is 10.1 Å². The first-order valence-corrected chi connectivity index (χ1v) is 9.48. The van der Waals surface area contributed by atoms with Crippen molar-refractivity contribution < 1.29 is 9.53 Å². The number of aromatic nitrogens is 1. The van der Waals surface area contributed by atoms with Crippen molar-refractivity contribution in [1.29, 1.82) is 0 Å². The van der Waals surface area contributed by atoms with Crippen LogP contribution in [0.1, 0.15) is 36.3 Å². The van der Waals surface area contributed by atoms with Gasteiger partial charge in [-0.05, 0) is 56.4 Å². The molecule has 0 radical (unpaired) electrons. The number of hydrogen-bond acceptors (Lipinski definition) is 4. The van der Waals surface area contributed by atoms with Crippen molar-refractivity contribution in [2.75, 3.05) is 11.9 Å². The molecule has 3 rings (SSSR count). The van der Waals surface area contributed by atoms with E-state index in [1.807, 2.05) is 24.3 Å². The quantitative estimate of drug-likeness (QED) is 0.729. The second-order valence-electron chi connectivity index (χ2n) is 5.55. The van der Waals surface area contributed by atoms with Gasteiger partial charge >= 0.3 is 0 Å². The first-order valence-electron chi connectivity index (χ1n) is 7.87. The van der Waals surface area contributed by atoms with Crippen molar-refractivity contribution in [2.24, 2.45) is 0 Å². The van der Waals surface area contributed by atoms with Crippen LogP contribution in [0.15, 0.2) is 28.7 Å². The van der Waals surface area contributed by atoms with Crippen LogP contribution in [0.2, 0.25) is 0 Å². The highest BCUT2D eigenvalue weighted by molar-refractivity contribution is 9.10. The van der Waals surface area contributed by atoms with Gasteiger partial charge in [-0.15, -0.1) is 11.3 Å². The predicted octanol–water partition coefficient (Wildman–Crippen LogP) is 4.58. The van der Waals surface area contributed by atoms with Crippen LogP contribution in [-0.4, -0.2) is 17.5 Å². The molecular weight excluding hydrogens is 376 g/mol. The summed E-state index contributed by atoms with van der Waals surface area (Å²) in [5.41, 5.74) is 1.18. The number of ether oxygens (including phenoxy) is 1. The summed E-state index contributed by atoms with van der Waals surface area (Å²) in [4.78, 5) is 17.8. The highest BCUT2D eigenvalue weighted by Crippen LogP contribution is 2.29. The highest BCUT2D eigenvalue weighted by atomic mass is 79.9. The topological polar surface area (TPSA) is 51.2 Å². The largest absolute Gasteiger partial charge is 0.494 e. The van der Waals surface area contributed by atoms with Gasteiger partial charge in [0.1, 0.15) is 5.75 Å². The zero-order valence-electron chi connectivity index (χ0n) is 12.8. The van der Waals surface area contributed by atoms with Gasteiger partial charge in [0.2, 0.25) is 5.91 Å². The monoisotopic (exact) mass is 394 g/mol. The minimum Gasteiger partial charge on any atom is -0.494 e. The minimum absolute atomic E-state index is 0.00973. The van der Waals surface area contributed by atoms with Crippen LogP contribution in [0.4, 0.5) is 5.13 Å². The Balaban J connectivity index is 1.39. The molecule has 0 unspecified atom stereocenters. The second-order valence-corrected chi connectivity index (χ2v) is 7.55. The van der Waals surface area contributed by atoms with Crippen molar-refractivity contribution in [3.05, 3.63) is 39.3 Å². The lowest BCUT2D eigenvalue weighted by molar-refractivity contribution is -0.116. The summed E-state index contributed by atoms with van der Waals surface area (Å²) in [5, 5.41) is 3.66. The maximum absolute atomic E-state index is 12.0. The fraction of sp³-hybridized carbons (Fsp3) is 0.412. The van der Waals surface area contributed by atoms with Crippen LogP contribution in [0.25, 0.3) is 0 Å².